The Morgan fingerprint density at radius 3 is 2.48 bits per heavy atom. The topological polar surface area (TPSA) is 88.2 Å². The van der Waals surface area contributed by atoms with E-state index in [-0.39, 0.29) is 5.91 Å². The van der Waals surface area contributed by atoms with Crippen LogP contribution in [0, 0.1) is 6.92 Å². The highest BCUT2D eigenvalue weighted by molar-refractivity contribution is 7.88. The van der Waals surface area contributed by atoms with Crippen LogP contribution in [-0.2, 0) is 22.9 Å². The van der Waals surface area contributed by atoms with Crippen molar-refractivity contribution in [2.45, 2.75) is 19.8 Å². The molecule has 0 radical (unpaired) electrons. The second-order valence-corrected chi connectivity index (χ2v) is 10.7. The van der Waals surface area contributed by atoms with Crippen molar-refractivity contribution in [2.24, 2.45) is 0 Å². The van der Waals surface area contributed by atoms with E-state index in [0.29, 0.717) is 25.1 Å². The van der Waals surface area contributed by atoms with E-state index in [1.54, 1.807) is 34.8 Å². The monoisotopic (exact) mass is 449 g/mol. The van der Waals surface area contributed by atoms with E-state index in [9.17, 15) is 13.2 Å². The Hall–Kier alpha value is -2.07. The van der Waals surface area contributed by atoms with Gasteiger partial charge in [0, 0.05) is 28.9 Å². The van der Waals surface area contributed by atoms with Crippen molar-refractivity contribution in [3.05, 3.63) is 62.8 Å². The lowest BCUT2D eigenvalue weighted by Crippen LogP contribution is -2.25. The molecular weight excluding hydrogens is 426 g/mol. The predicted molar refractivity (Wildman–Crippen MR) is 119 cm³/mol. The fraction of sp³-hybridized carbons (Fsp3) is 0.300. The number of benzene rings is 1. The summed E-state index contributed by atoms with van der Waals surface area (Å²) in [4.78, 5) is 19.2. The van der Waals surface area contributed by atoms with Gasteiger partial charge in [0.15, 0.2) is 0 Å². The molecule has 3 rings (SSSR count). The molecule has 0 aliphatic rings. The Morgan fingerprint density at radius 1 is 1.07 bits per heavy atom. The summed E-state index contributed by atoms with van der Waals surface area (Å²) in [5.74, 6) is -0.113. The Labute approximate surface area is 179 Å². The molecule has 6 nitrogen and oxygen atoms in total. The SMILES string of the molecule is Cc1nc(-c2ccc(CCNC(=O)c3ccc(CCNS(C)(=O)=O)cc3)s2)cs1. The third-order valence-electron chi connectivity index (χ3n) is 4.18. The first-order valence-corrected chi connectivity index (χ1v) is 12.7. The van der Waals surface area contributed by atoms with Crippen LogP contribution in [0.4, 0.5) is 0 Å². The summed E-state index contributed by atoms with van der Waals surface area (Å²) < 4.78 is 24.6. The Morgan fingerprint density at radius 2 is 1.83 bits per heavy atom. The summed E-state index contributed by atoms with van der Waals surface area (Å²) in [7, 11) is -3.18. The second-order valence-electron chi connectivity index (χ2n) is 6.64. The minimum atomic E-state index is -3.18. The van der Waals surface area contributed by atoms with Gasteiger partial charge < -0.3 is 5.32 Å². The van der Waals surface area contributed by atoms with E-state index in [0.717, 1.165) is 33.8 Å². The maximum absolute atomic E-state index is 12.3. The number of aromatic nitrogens is 1. The smallest absolute Gasteiger partial charge is 0.251 e. The van der Waals surface area contributed by atoms with Gasteiger partial charge in [0.2, 0.25) is 10.0 Å². The van der Waals surface area contributed by atoms with Crippen molar-refractivity contribution in [1.29, 1.82) is 0 Å². The number of amides is 1. The Balaban J connectivity index is 1.45. The molecule has 29 heavy (non-hydrogen) atoms. The van der Waals surface area contributed by atoms with Crippen molar-refractivity contribution < 1.29 is 13.2 Å². The van der Waals surface area contributed by atoms with E-state index in [4.69, 9.17) is 0 Å². The van der Waals surface area contributed by atoms with Gasteiger partial charge in [0.1, 0.15) is 0 Å². The molecule has 0 atom stereocenters. The Bertz CT molecular complexity index is 1070. The fourth-order valence-corrected chi connectivity index (χ4v) is 4.86. The number of aryl methyl sites for hydroxylation is 1. The zero-order valence-corrected chi connectivity index (χ0v) is 18.7. The molecule has 0 bridgehead atoms. The number of nitrogens with one attached hydrogen (secondary N) is 2. The van der Waals surface area contributed by atoms with Crippen LogP contribution in [0.25, 0.3) is 10.6 Å². The van der Waals surface area contributed by atoms with Crippen LogP contribution in [0.1, 0.15) is 25.8 Å². The highest BCUT2D eigenvalue weighted by atomic mass is 32.2. The molecule has 0 spiro atoms. The summed E-state index contributed by atoms with van der Waals surface area (Å²) in [5.41, 5.74) is 2.58. The zero-order chi connectivity index (χ0) is 20.9. The third-order valence-corrected chi connectivity index (χ3v) is 6.85. The molecule has 1 amide bonds. The number of rotatable bonds is 9. The lowest BCUT2D eigenvalue weighted by molar-refractivity contribution is 0.0954. The van der Waals surface area contributed by atoms with Crippen molar-refractivity contribution in [3.8, 4) is 10.6 Å². The lowest BCUT2D eigenvalue weighted by Gasteiger charge is -2.06. The molecule has 9 heteroatoms. The minimum absolute atomic E-state index is 0.113. The van der Waals surface area contributed by atoms with E-state index in [1.165, 1.54) is 4.88 Å². The van der Waals surface area contributed by atoms with Gasteiger partial charge in [-0.25, -0.2) is 18.1 Å². The number of carbonyl (C=O) groups is 1. The number of sulfonamides is 1. The molecule has 0 aliphatic carbocycles. The number of carbonyl (C=O) groups excluding carboxylic acids is 1. The van der Waals surface area contributed by atoms with Gasteiger partial charge >= 0.3 is 0 Å². The van der Waals surface area contributed by atoms with Gasteiger partial charge in [0.25, 0.3) is 5.91 Å². The average molecular weight is 450 g/mol. The summed E-state index contributed by atoms with van der Waals surface area (Å²) in [6.45, 7) is 2.90. The molecule has 0 saturated carbocycles. The molecule has 2 heterocycles. The highest BCUT2D eigenvalue weighted by Gasteiger charge is 2.08. The molecule has 0 aliphatic heterocycles. The van der Waals surface area contributed by atoms with E-state index in [2.05, 4.69) is 32.5 Å². The van der Waals surface area contributed by atoms with Crippen LogP contribution in [0.3, 0.4) is 0 Å². The summed E-state index contributed by atoms with van der Waals surface area (Å²) in [5, 5.41) is 6.06. The number of thiazole rings is 1. The van der Waals surface area contributed by atoms with Crippen molar-refractivity contribution >= 4 is 38.6 Å². The van der Waals surface area contributed by atoms with Crippen molar-refractivity contribution in [3.63, 3.8) is 0 Å². The van der Waals surface area contributed by atoms with Crippen LogP contribution in [0.5, 0.6) is 0 Å². The molecule has 0 fully saturated rings. The second kappa shape index (κ2) is 9.62. The minimum Gasteiger partial charge on any atom is -0.352 e. The maximum Gasteiger partial charge on any atom is 0.251 e. The molecule has 3 aromatic rings. The van der Waals surface area contributed by atoms with E-state index >= 15 is 0 Å². The van der Waals surface area contributed by atoms with Gasteiger partial charge in [-0.1, -0.05) is 12.1 Å². The van der Waals surface area contributed by atoms with Gasteiger partial charge in [-0.3, -0.25) is 4.79 Å². The summed E-state index contributed by atoms with van der Waals surface area (Å²) >= 11 is 3.34. The van der Waals surface area contributed by atoms with Crippen molar-refractivity contribution in [1.82, 2.24) is 15.0 Å². The third kappa shape index (κ3) is 6.74. The van der Waals surface area contributed by atoms with Crippen molar-refractivity contribution in [2.75, 3.05) is 19.3 Å². The summed E-state index contributed by atoms with van der Waals surface area (Å²) in [6, 6.07) is 11.4. The number of hydrogen-bond acceptors (Lipinski definition) is 6. The van der Waals surface area contributed by atoms with Crippen LogP contribution in [-0.4, -0.2) is 38.7 Å². The first-order chi connectivity index (χ1) is 13.8. The molecular formula is C20H23N3O3S3. The number of hydrogen-bond donors (Lipinski definition) is 2. The number of nitrogens with zero attached hydrogens (tertiary/aromatic N) is 1. The lowest BCUT2D eigenvalue weighted by atomic mass is 10.1. The maximum atomic E-state index is 12.3. The quantitative estimate of drug-likeness (QED) is 0.525. The van der Waals surface area contributed by atoms with Gasteiger partial charge in [-0.15, -0.1) is 22.7 Å². The standard InChI is InChI=1S/C20H23N3O3S3/c1-14-23-18(13-27-14)19-8-7-17(28-19)10-11-21-20(24)16-5-3-15(4-6-16)9-12-22-29(2,25)26/h3-8,13,22H,9-12H2,1-2H3,(H,21,24). The largest absolute Gasteiger partial charge is 0.352 e. The zero-order valence-electron chi connectivity index (χ0n) is 16.3. The fourth-order valence-electron chi connectivity index (χ4n) is 2.73. The van der Waals surface area contributed by atoms with E-state index < -0.39 is 10.0 Å². The van der Waals surface area contributed by atoms with E-state index in [1.807, 2.05) is 19.1 Å². The molecule has 154 valence electrons. The Kier molecular flexibility index (Phi) is 7.18. The molecule has 1 aromatic carbocycles. The normalized spacial score (nSPS) is 11.5. The first-order valence-electron chi connectivity index (χ1n) is 9.13. The van der Waals surface area contributed by atoms with Gasteiger partial charge in [0.05, 0.1) is 21.8 Å². The molecule has 0 unspecified atom stereocenters. The van der Waals surface area contributed by atoms with Crippen LogP contribution in [0.15, 0.2) is 41.8 Å². The van der Waals surface area contributed by atoms with Crippen LogP contribution >= 0.6 is 22.7 Å². The first kappa shape index (κ1) is 21.6. The van der Waals surface area contributed by atoms with Crippen LogP contribution in [0.2, 0.25) is 0 Å². The van der Waals surface area contributed by atoms with Gasteiger partial charge in [-0.05, 0) is 49.6 Å². The highest BCUT2D eigenvalue weighted by Crippen LogP contribution is 2.29. The molecule has 2 aromatic heterocycles. The summed E-state index contributed by atoms with van der Waals surface area (Å²) in [6.07, 6.45) is 2.49. The predicted octanol–water partition coefficient (Wildman–Crippen LogP) is 3.24. The molecule has 2 N–H and O–H groups in total. The average Bonchev–Trinajstić information content (AvgIpc) is 3.30. The molecule has 0 saturated heterocycles. The number of thiophene rings is 1. The van der Waals surface area contributed by atoms with Crippen LogP contribution < -0.4 is 10.0 Å². The van der Waals surface area contributed by atoms with Gasteiger partial charge in [-0.2, -0.15) is 0 Å².